The van der Waals surface area contributed by atoms with E-state index in [1.165, 1.54) is 0 Å². The SMILES string of the molecule is C[C@@H](N)C(=O)N[C@@H](CCc1ccccc1)C(=O)N[C@@H](CCCCCN)C(=O)Nc1ccccc1. The van der Waals surface area contributed by atoms with Crippen LogP contribution in [-0.4, -0.2) is 42.4 Å². The number of amides is 3. The van der Waals surface area contributed by atoms with Crippen molar-refractivity contribution in [2.24, 2.45) is 11.5 Å². The minimum absolute atomic E-state index is 0.298. The third-order valence-electron chi connectivity index (χ3n) is 5.48. The minimum atomic E-state index is -0.810. The molecule has 0 saturated heterocycles. The van der Waals surface area contributed by atoms with E-state index in [1.807, 2.05) is 48.5 Å². The van der Waals surface area contributed by atoms with Crippen LogP contribution in [0.2, 0.25) is 0 Å². The number of carbonyl (C=O) groups is 3. The van der Waals surface area contributed by atoms with Crippen molar-refractivity contribution in [3.05, 3.63) is 66.2 Å². The Balaban J connectivity index is 2.10. The van der Waals surface area contributed by atoms with Crippen LogP contribution in [0.5, 0.6) is 0 Å². The first kappa shape index (κ1) is 27.0. The van der Waals surface area contributed by atoms with Gasteiger partial charge in [0.1, 0.15) is 12.1 Å². The van der Waals surface area contributed by atoms with E-state index in [0.29, 0.717) is 31.5 Å². The Morgan fingerprint density at radius 3 is 1.97 bits per heavy atom. The predicted octanol–water partition coefficient (Wildman–Crippen LogP) is 2.09. The van der Waals surface area contributed by atoms with Gasteiger partial charge >= 0.3 is 0 Å². The fraction of sp³-hybridized carbons (Fsp3) is 0.423. The summed E-state index contributed by atoms with van der Waals surface area (Å²) in [5.74, 6) is -1.12. The van der Waals surface area contributed by atoms with Crippen LogP contribution in [0.15, 0.2) is 60.7 Å². The molecule has 0 saturated carbocycles. The van der Waals surface area contributed by atoms with Crippen molar-refractivity contribution in [2.45, 2.75) is 63.6 Å². The quantitative estimate of drug-likeness (QED) is 0.271. The molecule has 2 aromatic rings. The van der Waals surface area contributed by atoms with Crippen LogP contribution in [0.1, 0.15) is 44.6 Å². The smallest absolute Gasteiger partial charge is 0.246 e. The highest BCUT2D eigenvalue weighted by atomic mass is 16.2. The zero-order chi connectivity index (χ0) is 24.8. The number of unbranched alkanes of at least 4 members (excludes halogenated alkanes) is 2. The molecule has 0 fully saturated rings. The van der Waals surface area contributed by atoms with Gasteiger partial charge in [-0.3, -0.25) is 14.4 Å². The van der Waals surface area contributed by atoms with Gasteiger partial charge in [-0.2, -0.15) is 0 Å². The molecule has 0 aliphatic rings. The van der Waals surface area contributed by atoms with E-state index >= 15 is 0 Å². The molecule has 7 N–H and O–H groups in total. The second kappa shape index (κ2) is 14.8. The molecule has 0 unspecified atom stereocenters. The monoisotopic (exact) mass is 467 g/mol. The van der Waals surface area contributed by atoms with Crippen LogP contribution in [0.3, 0.4) is 0 Å². The molecule has 0 aromatic heterocycles. The van der Waals surface area contributed by atoms with Crippen LogP contribution in [0.25, 0.3) is 0 Å². The molecule has 0 heterocycles. The molecule has 0 spiro atoms. The Hall–Kier alpha value is -3.23. The number of anilines is 1. The summed E-state index contributed by atoms with van der Waals surface area (Å²) in [6.07, 6.45) is 3.90. The standard InChI is InChI=1S/C26H37N5O3/c1-19(28)24(32)30-23(17-16-20-11-5-2-6-12-20)26(34)31-22(15-9-4-10-18-27)25(33)29-21-13-7-3-8-14-21/h2-3,5-8,11-14,19,22-23H,4,9-10,15-18,27-28H2,1H3,(H,29,33)(H,30,32)(H,31,34)/t19-,22+,23+/m1/s1. The molecule has 8 nitrogen and oxygen atoms in total. The highest BCUT2D eigenvalue weighted by molar-refractivity contribution is 5.98. The van der Waals surface area contributed by atoms with E-state index in [9.17, 15) is 14.4 Å². The maximum atomic E-state index is 13.2. The molecule has 0 radical (unpaired) electrons. The van der Waals surface area contributed by atoms with Crippen molar-refractivity contribution in [3.63, 3.8) is 0 Å². The molecule has 3 atom stereocenters. The maximum absolute atomic E-state index is 13.2. The summed E-state index contributed by atoms with van der Waals surface area (Å²) in [7, 11) is 0. The highest BCUT2D eigenvalue weighted by Crippen LogP contribution is 2.11. The van der Waals surface area contributed by atoms with Gasteiger partial charge in [0.25, 0.3) is 0 Å². The second-order valence-electron chi connectivity index (χ2n) is 8.43. The molecule has 8 heteroatoms. The van der Waals surface area contributed by atoms with E-state index in [2.05, 4.69) is 16.0 Å². The lowest BCUT2D eigenvalue weighted by Gasteiger charge is -2.24. The van der Waals surface area contributed by atoms with E-state index < -0.39 is 29.9 Å². The molecule has 0 aliphatic heterocycles. The van der Waals surface area contributed by atoms with Gasteiger partial charge in [0.15, 0.2) is 0 Å². The number of rotatable bonds is 14. The first-order valence-corrected chi connectivity index (χ1v) is 11.9. The van der Waals surface area contributed by atoms with Gasteiger partial charge in [0.05, 0.1) is 6.04 Å². The molecule has 3 amide bonds. The summed E-state index contributed by atoms with van der Waals surface area (Å²) in [5, 5.41) is 8.45. The Labute approximate surface area is 201 Å². The fourth-order valence-electron chi connectivity index (χ4n) is 3.49. The van der Waals surface area contributed by atoms with Gasteiger partial charge in [-0.05, 0) is 56.8 Å². The third-order valence-corrected chi connectivity index (χ3v) is 5.48. The summed E-state index contributed by atoms with van der Waals surface area (Å²) < 4.78 is 0. The van der Waals surface area contributed by atoms with Crippen molar-refractivity contribution < 1.29 is 14.4 Å². The maximum Gasteiger partial charge on any atom is 0.246 e. The van der Waals surface area contributed by atoms with Crippen molar-refractivity contribution in [1.29, 1.82) is 0 Å². The van der Waals surface area contributed by atoms with Crippen LogP contribution in [0.4, 0.5) is 5.69 Å². The van der Waals surface area contributed by atoms with Gasteiger partial charge in [-0.1, -0.05) is 61.4 Å². The average Bonchev–Trinajstić information content (AvgIpc) is 2.84. The number of benzene rings is 2. The number of para-hydroxylation sites is 1. The van der Waals surface area contributed by atoms with E-state index in [0.717, 1.165) is 24.8 Å². The summed E-state index contributed by atoms with van der Waals surface area (Å²) in [6, 6.07) is 16.5. The van der Waals surface area contributed by atoms with Gasteiger partial charge < -0.3 is 27.4 Å². The summed E-state index contributed by atoms with van der Waals surface area (Å²) in [6.45, 7) is 2.15. The number of carbonyl (C=O) groups excluding carboxylic acids is 3. The summed E-state index contributed by atoms with van der Waals surface area (Å²) in [5.41, 5.74) is 13.0. The van der Waals surface area contributed by atoms with Crippen LogP contribution in [0, 0.1) is 0 Å². The zero-order valence-corrected chi connectivity index (χ0v) is 19.8. The van der Waals surface area contributed by atoms with Gasteiger partial charge in [0, 0.05) is 5.69 Å². The first-order valence-electron chi connectivity index (χ1n) is 11.9. The van der Waals surface area contributed by atoms with Gasteiger partial charge in [-0.15, -0.1) is 0 Å². The number of hydrogen-bond acceptors (Lipinski definition) is 5. The zero-order valence-electron chi connectivity index (χ0n) is 19.8. The van der Waals surface area contributed by atoms with E-state index in [1.54, 1.807) is 19.1 Å². The lowest BCUT2D eigenvalue weighted by Crippen LogP contribution is -2.54. The topological polar surface area (TPSA) is 139 Å². The molecular formula is C26H37N5O3. The normalized spacial score (nSPS) is 13.4. The van der Waals surface area contributed by atoms with E-state index in [4.69, 9.17) is 11.5 Å². The summed E-state index contributed by atoms with van der Waals surface area (Å²) >= 11 is 0. The van der Waals surface area contributed by atoms with Crippen molar-refractivity contribution in [3.8, 4) is 0 Å². The number of hydrogen-bond donors (Lipinski definition) is 5. The third kappa shape index (κ3) is 9.72. The van der Waals surface area contributed by atoms with Crippen LogP contribution >= 0.6 is 0 Å². The average molecular weight is 468 g/mol. The lowest BCUT2D eigenvalue weighted by atomic mass is 10.0. The largest absolute Gasteiger partial charge is 0.343 e. The Morgan fingerprint density at radius 2 is 1.35 bits per heavy atom. The second-order valence-corrected chi connectivity index (χ2v) is 8.43. The minimum Gasteiger partial charge on any atom is -0.343 e. The Kier molecular flexibility index (Phi) is 11.8. The number of nitrogens with one attached hydrogen (secondary N) is 3. The van der Waals surface area contributed by atoms with Gasteiger partial charge in [-0.25, -0.2) is 0 Å². The molecule has 0 bridgehead atoms. The number of nitrogens with two attached hydrogens (primary N) is 2. The van der Waals surface area contributed by atoms with Gasteiger partial charge in [0.2, 0.25) is 17.7 Å². The highest BCUT2D eigenvalue weighted by Gasteiger charge is 2.27. The van der Waals surface area contributed by atoms with E-state index in [-0.39, 0.29) is 5.91 Å². The molecular weight excluding hydrogens is 430 g/mol. The fourth-order valence-corrected chi connectivity index (χ4v) is 3.49. The van der Waals surface area contributed by atoms with Crippen molar-refractivity contribution >= 4 is 23.4 Å². The molecule has 184 valence electrons. The van der Waals surface area contributed by atoms with Crippen LogP contribution in [-0.2, 0) is 20.8 Å². The number of aryl methyl sites for hydroxylation is 1. The molecule has 34 heavy (non-hydrogen) atoms. The Morgan fingerprint density at radius 1 is 0.765 bits per heavy atom. The summed E-state index contributed by atoms with van der Waals surface area (Å²) in [4.78, 5) is 38.5. The predicted molar refractivity (Wildman–Crippen MR) is 135 cm³/mol. The van der Waals surface area contributed by atoms with Crippen molar-refractivity contribution in [1.82, 2.24) is 10.6 Å². The molecule has 0 aliphatic carbocycles. The first-order chi connectivity index (χ1) is 16.4. The van der Waals surface area contributed by atoms with Crippen molar-refractivity contribution in [2.75, 3.05) is 11.9 Å². The lowest BCUT2D eigenvalue weighted by molar-refractivity contribution is -0.131. The molecule has 2 rings (SSSR count). The Bertz CT molecular complexity index is 890. The molecule has 2 aromatic carbocycles. The van der Waals surface area contributed by atoms with Crippen LogP contribution < -0.4 is 27.4 Å².